The molecule has 0 spiro atoms. The van der Waals surface area contributed by atoms with Crippen LogP contribution >= 0.6 is 0 Å². The number of carbonyl (C=O) groups is 1. The third-order valence-corrected chi connectivity index (χ3v) is 6.34. The van der Waals surface area contributed by atoms with E-state index in [1.165, 1.54) is 141 Å². The van der Waals surface area contributed by atoms with Crippen molar-refractivity contribution in [2.45, 2.75) is 181 Å². The van der Waals surface area contributed by atoms with Crippen molar-refractivity contribution in [1.29, 1.82) is 0 Å². The van der Waals surface area contributed by atoms with Crippen LogP contribution in [0.25, 0.3) is 0 Å². The molecule has 0 heterocycles. The van der Waals surface area contributed by atoms with Gasteiger partial charge in [0.2, 0.25) is 0 Å². The molecule has 0 aliphatic carbocycles. The number of carboxylic acid groups (broad SMARTS) is 1. The van der Waals surface area contributed by atoms with E-state index in [-0.39, 0.29) is 65.5 Å². The molecule has 0 radical (unpaired) electrons. The van der Waals surface area contributed by atoms with Crippen molar-refractivity contribution in [3.8, 4) is 0 Å². The van der Waals surface area contributed by atoms with Gasteiger partial charge in [-0.05, 0) is 12.8 Å². The molecule has 39 heavy (non-hydrogen) atoms. The van der Waals surface area contributed by atoms with Gasteiger partial charge in [0.25, 0.3) is 0 Å². The Morgan fingerprint density at radius 1 is 0.538 bits per heavy atom. The van der Waals surface area contributed by atoms with E-state index in [0.717, 1.165) is 19.3 Å². The van der Waals surface area contributed by atoms with Crippen LogP contribution in [-0.2, 0) is 15.2 Å². The van der Waals surface area contributed by atoms with E-state index < -0.39 is 16.4 Å². The first-order valence-electron chi connectivity index (χ1n) is 15.4. The summed E-state index contributed by atoms with van der Waals surface area (Å²) in [7, 11) is -4.67. The molecule has 0 amide bonds. The Morgan fingerprint density at radius 2 is 0.744 bits per heavy atom. The van der Waals surface area contributed by atoms with Gasteiger partial charge in [0, 0.05) is 5.97 Å². The van der Waals surface area contributed by atoms with Gasteiger partial charge < -0.3 is 16.8 Å². The average molecular weight is 597 g/mol. The minimum absolute atomic E-state index is 0. The molecule has 0 aliphatic heterocycles. The molecule has 9 heteroatoms. The summed E-state index contributed by atoms with van der Waals surface area (Å²) in [5.41, 5.74) is 0. The van der Waals surface area contributed by atoms with Crippen LogP contribution in [0.1, 0.15) is 181 Å². The van der Waals surface area contributed by atoms with Crippen molar-refractivity contribution in [3.05, 3.63) is 6.92 Å². The summed E-state index contributed by atoms with van der Waals surface area (Å²) in [5.74, 6) is -0.903. The SMILES string of the molecule is CCCCCCCCCCCCCCCCCC(=O)[O-].O=S(=O)(O)O.[CH2-]CCCCCCCCCCC.[Na+].[Na+]. The van der Waals surface area contributed by atoms with E-state index >= 15 is 0 Å². The molecule has 0 saturated heterocycles. The van der Waals surface area contributed by atoms with Gasteiger partial charge in [-0.15, -0.1) is 0 Å². The van der Waals surface area contributed by atoms with Crippen LogP contribution in [0.3, 0.4) is 0 Å². The van der Waals surface area contributed by atoms with Crippen LogP contribution in [0.2, 0.25) is 0 Å². The third-order valence-electron chi connectivity index (χ3n) is 6.34. The summed E-state index contributed by atoms with van der Waals surface area (Å²) in [6, 6.07) is 0. The van der Waals surface area contributed by atoms with Crippen molar-refractivity contribution in [2.75, 3.05) is 0 Å². The minimum atomic E-state index is -4.67. The predicted molar refractivity (Wildman–Crippen MR) is 156 cm³/mol. The number of hydrogen-bond acceptors (Lipinski definition) is 4. The summed E-state index contributed by atoms with van der Waals surface area (Å²) < 4.78 is 31.6. The molecule has 226 valence electrons. The summed E-state index contributed by atoms with van der Waals surface area (Å²) >= 11 is 0. The molecule has 0 saturated carbocycles. The smallest absolute Gasteiger partial charge is 0.550 e. The average Bonchev–Trinajstić information content (AvgIpc) is 2.82. The number of hydrogen-bond donors (Lipinski definition) is 2. The molecule has 0 aliphatic rings. The fourth-order valence-electron chi connectivity index (χ4n) is 4.13. The van der Waals surface area contributed by atoms with Gasteiger partial charge >= 0.3 is 69.5 Å². The zero-order valence-electron chi connectivity index (χ0n) is 26.5. The fourth-order valence-corrected chi connectivity index (χ4v) is 4.13. The summed E-state index contributed by atoms with van der Waals surface area (Å²) in [6.45, 7) is 8.38. The summed E-state index contributed by atoms with van der Waals surface area (Å²) in [5, 5.41) is 10.2. The molecule has 0 bridgehead atoms. The van der Waals surface area contributed by atoms with Crippen LogP contribution < -0.4 is 64.2 Å². The van der Waals surface area contributed by atoms with E-state index in [0.29, 0.717) is 0 Å². The zero-order chi connectivity index (χ0) is 28.5. The second kappa shape index (κ2) is 43.8. The molecule has 0 aromatic heterocycles. The number of aliphatic carboxylic acids is 1. The minimum Gasteiger partial charge on any atom is -0.550 e. The molecule has 0 unspecified atom stereocenters. The van der Waals surface area contributed by atoms with E-state index in [9.17, 15) is 9.90 Å². The first-order chi connectivity index (χ1) is 17.7. The van der Waals surface area contributed by atoms with Crippen LogP contribution in [0.15, 0.2) is 0 Å². The third kappa shape index (κ3) is 73.4. The monoisotopic (exact) mass is 596 g/mol. The molecule has 0 aromatic carbocycles. The van der Waals surface area contributed by atoms with Crippen LogP contribution in [0, 0.1) is 6.92 Å². The molecular weight excluding hydrogens is 534 g/mol. The second-order valence-corrected chi connectivity index (χ2v) is 11.1. The van der Waals surface area contributed by atoms with Gasteiger partial charge in [-0.1, -0.05) is 162 Å². The van der Waals surface area contributed by atoms with Crippen molar-refractivity contribution in [2.24, 2.45) is 0 Å². The van der Waals surface area contributed by atoms with Gasteiger partial charge in [-0.25, -0.2) is 0 Å². The number of unbranched alkanes of at least 4 members (excludes halogenated alkanes) is 23. The zero-order valence-corrected chi connectivity index (χ0v) is 31.3. The first-order valence-corrected chi connectivity index (χ1v) is 16.8. The maximum atomic E-state index is 10.2. The standard InChI is InChI=1S/C18H36O2.C12H25.2Na.H2O4S/c1-2-3-4-5-6-7-8-9-10-11-12-13-14-15-16-17-18(19)20;1-3-5-7-9-11-12-10-8-6-4-2;;;1-5(2,3)4/h2-17H2,1H3,(H,19,20);1,3-12H2,2H3;;;(H2,1,2,3,4)/q;-1;2*+1;/p-1. The number of carbonyl (C=O) groups excluding carboxylic acids is 1. The molecule has 0 atom stereocenters. The molecule has 0 aromatic rings. The Morgan fingerprint density at radius 3 is 0.949 bits per heavy atom. The Kier molecular flexibility index (Phi) is 56.1. The summed E-state index contributed by atoms with van der Waals surface area (Å²) in [4.78, 5) is 10.2. The van der Waals surface area contributed by atoms with E-state index in [1.54, 1.807) is 0 Å². The fraction of sp³-hybridized carbons (Fsp3) is 0.933. The predicted octanol–water partition coefficient (Wildman–Crippen LogP) is 3.09. The van der Waals surface area contributed by atoms with Gasteiger partial charge in [0.05, 0.1) is 0 Å². The van der Waals surface area contributed by atoms with E-state index in [2.05, 4.69) is 20.8 Å². The van der Waals surface area contributed by atoms with E-state index in [1.807, 2.05) is 0 Å². The van der Waals surface area contributed by atoms with Crippen molar-refractivity contribution < 1.29 is 86.5 Å². The molecule has 0 fully saturated rings. The Bertz CT molecular complexity index is 516. The van der Waals surface area contributed by atoms with Crippen LogP contribution in [-0.4, -0.2) is 23.5 Å². The molecular formula is C30H62Na2O6S. The van der Waals surface area contributed by atoms with Crippen molar-refractivity contribution >= 4 is 16.4 Å². The Balaban J connectivity index is -0.000000173. The van der Waals surface area contributed by atoms with Gasteiger partial charge in [-0.2, -0.15) is 14.8 Å². The topological polar surface area (TPSA) is 115 Å². The Labute approximate surface area is 288 Å². The molecule has 0 rings (SSSR count). The largest absolute Gasteiger partial charge is 1.00 e. The summed E-state index contributed by atoms with van der Waals surface area (Å²) in [6.07, 6.45) is 33.7. The first kappa shape index (κ1) is 50.0. The molecule has 6 nitrogen and oxygen atoms in total. The maximum absolute atomic E-state index is 10.2. The van der Waals surface area contributed by atoms with Gasteiger partial charge in [0.15, 0.2) is 0 Å². The number of rotatable bonds is 25. The Hall–Kier alpha value is 1.34. The normalized spacial score (nSPS) is 10.3. The quantitative estimate of drug-likeness (QED) is 0.0725. The van der Waals surface area contributed by atoms with Crippen LogP contribution in [0.4, 0.5) is 0 Å². The van der Waals surface area contributed by atoms with Gasteiger partial charge in [-0.3, -0.25) is 9.11 Å². The van der Waals surface area contributed by atoms with Crippen molar-refractivity contribution in [1.82, 2.24) is 0 Å². The van der Waals surface area contributed by atoms with E-state index in [4.69, 9.17) is 17.5 Å². The second-order valence-electron chi connectivity index (χ2n) is 10.2. The van der Waals surface area contributed by atoms with Crippen molar-refractivity contribution in [3.63, 3.8) is 0 Å². The van der Waals surface area contributed by atoms with Gasteiger partial charge in [0.1, 0.15) is 0 Å². The maximum Gasteiger partial charge on any atom is 1.00 e. The number of carboxylic acids is 1. The molecule has 2 N–H and O–H groups in total. The van der Waals surface area contributed by atoms with Crippen LogP contribution in [0.5, 0.6) is 0 Å².